The molecule has 0 radical (unpaired) electrons. The molecule has 2 aromatic heterocycles. The summed E-state index contributed by atoms with van der Waals surface area (Å²) in [6, 6.07) is 5.68. The van der Waals surface area contributed by atoms with E-state index >= 15 is 0 Å². The second kappa shape index (κ2) is 5.69. The van der Waals surface area contributed by atoms with E-state index in [1.807, 2.05) is 26.8 Å². The zero-order valence-corrected chi connectivity index (χ0v) is 14.7. The van der Waals surface area contributed by atoms with Gasteiger partial charge in [-0.3, -0.25) is 4.79 Å². The van der Waals surface area contributed by atoms with E-state index in [1.165, 1.54) is 0 Å². The molecule has 0 bridgehead atoms. The Morgan fingerprint density at radius 1 is 1.30 bits per heavy atom. The summed E-state index contributed by atoms with van der Waals surface area (Å²) in [5.74, 6) is 0.522. The fourth-order valence-electron chi connectivity index (χ4n) is 2.60. The van der Waals surface area contributed by atoms with Crippen LogP contribution in [-0.4, -0.2) is 15.5 Å². The van der Waals surface area contributed by atoms with Gasteiger partial charge in [0.25, 0.3) is 0 Å². The van der Waals surface area contributed by atoms with Crippen LogP contribution in [0.3, 0.4) is 0 Å². The lowest BCUT2D eigenvalue weighted by Gasteiger charge is -2.21. The molecule has 0 aliphatic heterocycles. The molecular formula is C18H24N4O. The minimum atomic E-state index is -0.208. The van der Waals surface area contributed by atoms with Crippen LogP contribution in [-0.2, 0) is 10.2 Å². The summed E-state index contributed by atoms with van der Waals surface area (Å²) in [6.07, 6.45) is 2.18. The maximum atomic E-state index is 12.3. The van der Waals surface area contributed by atoms with Crippen molar-refractivity contribution in [3.05, 3.63) is 29.5 Å². The SMILES string of the molecule is CC(C)(C)CC(=O)Nc1nn2ccc(C#N)cc2c1C(C)(C)C. The molecule has 0 unspecified atom stereocenters. The average molecular weight is 312 g/mol. The molecule has 0 aliphatic carbocycles. The third kappa shape index (κ3) is 3.89. The number of anilines is 1. The smallest absolute Gasteiger partial charge is 0.226 e. The summed E-state index contributed by atoms with van der Waals surface area (Å²) in [7, 11) is 0. The van der Waals surface area contributed by atoms with E-state index in [0.717, 1.165) is 11.1 Å². The number of fused-ring (bicyclic) bond motifs is 1. The molecule has 2 rings (SSSR count). The molecule has 5 nitrogen and oxygen atoms in total. The number of nitriles is 1. The monoisotopic (exact) mass is 312 g/mol. The van der Waals surface area contributed by atoms with E-state index < -0.39 is 0 Å². The van der Waals surface area contributed by atoms with E-state index in [0.29, 0.717) is 17.8 Å². The van der Waals surface area contributed by atoms with Crippen molar-refractivity contribution in [2.45, 2.75) is 53.4 Å². The minimum absolute atomic E-state index is 0.0492. The van der Waals surface area contributed by atoms with Gasteiger partial charge in [-0.15, -0.1) is 5.10 Å². The number of hydrogen-bond acceptors (Lipinski definition) is 3. The Morgan fingerprint density at radius 3 is 2.48 bits per heavy atom. The Hall–Kier alpha value is -2.35. The van der Waals surface area contributed by atoms with Crippen LogP contribution in [0, 0.1) is 16.7 Å². The molecule has 0 aromatic carbocycles. The van der Waals surface area contributed by atoms with Crippen molar-refractivity contribution in [2.75, 3.05) is 5.32 Å². The Balaban J connectivity index is 2.51. The summed E-state index contributed by atoms with van der Waals surface area (Å²) in [5.41, 5.74) is 2.08. The Kier molecular flexibility index (Phi) is 4.21. The molecule has 1 amide bonds. The highest BCUT2D eigenvalue weighted by Crippen LogP contribution is 2.34. The molecule has 2 heterocycles. The quantitative estimate of drug-likeness (QED) is 0.915. The second-order valence-corrected chi connectivity index (χ2v) is 8.12. The van der Waals surface area contributed by atoms with Crippen molar-refractivity contribution in [3.8, 4) is 6.07 Å². The number of nitrogens with one attached hydrogen (secondary N) is 1. The number of pyridine rings is 1. The standard InChI is InChI=1S/C18H24N4O/c1-17(2,3)10-14(23)20-16-15(18(4,5)6)13-9-12(11-19)7-8-22(13)21-16/h7-9H,10H2,1-6H3,(H,20,21,23). The van der Waals surface area contributed by atoms with Crippen molar-refractivity contribution in [3.63, 3.8) is 0 Å². The molecule has 0 fully saturated rings. The van der Waals surface area contributed by atoms with Crippen molar-refractivity contribution in [2.24, 2.45) is 5.41 Å². The zero-order valence-electron chi connectivity index (χ0n) is 14.7. The van der Waals surface area contributed by atoms with Crippen molar-refractivity contribution < 1.29 is 4.79 Å². The van der Waals surface area contributed by atoms with Gasteiger partial charge in [-0.2, -0.15) is 5.26 Å². The lowest BCUT2D eigenvalue weighted by atomic mass is 9.86. The summed E-state index contributed by atoms with van der Waals surface area (Å²) in [6.45, 7) is 12.3. The summed E-state index contributed by atoms with van der Waals surface area (Å²) in [4.78, 5) is 12.3. The number of nitrogens with zero attached hydrogens (tertiary/aromatic N) is 3. The van der Waals surface area contributed by atoms with Crippen LogP contribution in [0.5, 0.6) is 0 Å². The van der Waals surface area contributed by atoms with Gasteiger partial charge in [0.2, 0.25) is 5.91 Å². The van der Waals surface area contributed by atoms with E-state index in [9.17, 15) is 4.79 Å². The summed E-state index contributed by atoms with van der Waals surface area (Å²) in [5, 5.41) is 16.6. The van der Waals surface area contributed by atoms with Crippen LogP contribution in [0.25, 0.3) is 5.52 Å². The van der Waals surface area contributed by atoms with Crippen molar-refractivity contribution in [1.29, 1.82) is 5.26 Å². The number of hydrogen-bond donors (Lipinski definition) is 1. The normalized spacial score (nSPS) is 12.2. The van der Waals surface area contributed by atoms with Gasteiger partial charge in [0.15, 0.2) is 5.82 Å². The van der Waals surface area contributed by atoms with E-state index in [2.05, 4.69) is 37.3 Å². The van der Waals surface area contributed by atoms with Crippen LogP contribution in [0.1, 0.15) is 59.1 Å². The largest absolute Gasteiger partial charge is 0.309 e. The number of amides is 1. The van der Waals surface area contributed by atoms with Gasteiger partial charge in [-0.05, 0) is 23.0 Å². The Bertz CT molecular complexity index is 782. The second-order valence-electron chi connectivity index (χ2n) is 8.12. The third-order valence-corrected chi connectivity index (χ3v) is 3.46. The molecular weight excluding hydrogens is 288 g/mol. The fraction of sp³-hybridized carbons (Fsp3) is 0.500. The van der Waals surface area contributed by atoms with Crippen molar-refractivity contribution in [1.82, 2.24) is 9.61 Å². The first-order chi connectivity index (χ1) is 10.5. The fourth-order valence-corrected chi connectivity index (χ4v) is 2.60. The minimum Gasteiger partial charge on any atom is -0.309 e. The first kappa shape index (κ1) is 17.0. The van der Waals surface area contributed by atoms with Crippen molar-refractivity contribution >= 4 is 17.2 Å². The number of carbonyl (C=O) groups is 1. The number of rotatable bonds is 2. The van der Waals surface area contributed by atoms with Crippen LogP contribution < -0.4 is 5.32 Å². The number of aromatic nitrogens is 2. The molecule has 122 valence electrons. The lowest BCUT2D eigenvalue weighted by molar-refractivity contribution is -0.117. The average Bonchev–Trinajstić information content (AvgIpc) is 2.72. The third-order valence-electron chi connectivity index (χ3n) is 3.46. The highest BCUT2D eigenvalue weighted by Gasteiger charge is 2.26. The van der Waals surface area contributed by atoms with Gasteiger partial charge in [-0.1, -0.05) is 41.5 Å². The van der Waals surface area contributed by atoms with Gasteiger partial charge in [0.1, 0.15) is 0 Å². The molecule has 5 heteroatoms. The topological polar surface area (TPSA) is 70.2 Å². The predicted octanol–water partition coefficient (Wildman–Crippen LogP) is 3.88. The Morgan fingerprint density at radius 2 is 1.96 bits per heavy atom. The molecule has 0 aliphatic rings. The number of carbonyl (C=O) groups excluding carboxylic acids is 1. The molecule has 0 saturated carbocycles. The van der Waals surface area contributed by atoms with Crippen LogP contribution in [0.4, 0.5) is 5.82 Å². The van der Waals surface area contributed by atoms with E-state index in [4.69, 9.17) is 5.26 Å². The first-order valence-electron chi connectivity index (χ1n) is 7.74. The van der Waals surface area contributed by atoms with Gasteiger partial charge in [0.05, 0.1) is 17.1 Å². The zero-order chi connectivity index (χ0) is 17.4. The molecule has 0 saturated heterocycles. The maximum absolute atomic E-state index is 12.3. The summed E-state index contributed by atoms with van der Waals surface area (Å²) < 4.78 is 1.72. The van der Waals surface area contributed by atoms with Gasteiger partial charge >= 0.3 is 0 Å². The molecule has 1 N–H and O–H groups in total. The van der Waals surface area contributed by atoms with Crippen LogP contribution >= 0.6 is 0 Å². The highest BCUT2D eigenvalue weighted by molar-refractivity contribution is 5.92. The van der Waals surface area contributed by atoms with E-state index in [-0.39, 0.29) is 16.7 Å². The van der Waals surface area contributed by atoms with Gasteiger partial charge in [-0.25, -0.2) is 4.52 Å². The molecule has 0 spiro atoms. The molecule has 2 aromatic rings. The molecule has 23 heavy (non-hydrogen) atoms. The first-order valence-corrected chi connectivity index (χ1v) is 7.74. The Labute approximate surface area is 137 Å². The van der Waals surface area contributed by atoms with E-state index in [1.54, 1.807) is 16.8 Å². The highest BCUT2D eigenvalue weighted by atomic mass is 16.1. The molecule has 0 atom stereocenters. The predicted molar refractivity (Wildman–Crippen MR) is 91.3 cm³/mol. The van der Waals surface area contributed by atoms with Crippen LogP contribution in [0.2, 0.25) is 0 Å². The van der Waals surface area contributed by atoms with Gasteiger partial charge < -0.3 is 5.32 Å². The summed E-state index contributed by atoms with van der Waals surface area (Å²) >= 11 is 0. The van der Waals surface area contributed by atoms with Crippen LogP contribution in [0.15, 0.2) is 18.3 Å². The van der Waals surface area contributed by atoms with Gasteiger partial charge in [0, 0.05) is 18.2 Å². The lowest BCUT2D eigenvalue weighted by Crippen LogP contribution is -2.22. The maximum Gasteiger partial charge on any atom is 0.226 e.